The molecule has 0 unspecified atom stereocenters. The average molecular weight is 696 g/mol. The number of H-pyrrole nitrogens is 1. The predicted octanol–water partition coefficient (Wildman–Crippen LogP) is 9.00. The van der Waals surface area contributed by atoms with Gasteiger partial charge in [-0.05, 0) is 85.3 Å². The molecule has 1 N–H and O–H groups in total. The fraction of sp³-hybridized carbons (Fsp3) is 0.0769. The van der Waals surface area contributed by atoms with Crippen LogP contribution in [0.4, 0.5) is 0 Å². The first-order valence-electron chi connectivity index (χ1n) is 14.9. The van der Waals surface area contributed by atoms with E-state index in [0.717, 1.165) is 55.5 Å². The van der Waals surface area contributed by atoms with Crippen molar-refractivity contribution in [2.24, 2.45) is 0 Å². The Morgan fingerprint density at radius 3 is 1.71 bits per heavy atom. The van der Waals surface area contributed by atoms with Crippen LogP contribution in [-0.4, -0.2) is 36.8 Å². The summed E-state index contributed by atoms with van der Waals surface area (Å²) in [6, 6.07) is 44.6. The number of aryl methyl sites for hydroxylation is 1. The number of aromatic amines is 1. The van der Waals surface area contributed by atoms with Gasteiger partial charge in [0, 0.05) is 35.0 Å². The summed E-state index contributed by atoms with van der Waals surface area (Å²) in [5, 5.41) is 2.40. The second-order valence-electron chi connectivity index (χ2n) is 10.4. The third-order valence-corrected chi connectivity index (χ3v) is 7.44. The zero-order valence-electron chi connectivity index (χ0n) is 27.0. The average Bonchev–Trinajstić information content (AvgIpc) is 3.12. The van der Waals surface area contributed by atoms with Crippen molar-refractivity contribution in [1.29, 1.82) is 0 Å². The van der Waals surface area contributed by atoms with Gasteiger partial charge in [0.15, 0.2) is 5.43 Å². The normalized spacial score (nSPS) is 9.96. The SMILES string of the molecule is COc1ccc(-c2cc(=O)c3ccccc3[nH]2)cc1.COc1ccc(-c2cc(Cl)c3ccccc3n2)cc1.Cc1ccccc1.O=S(=O)=O.[2HH]. The van der Waals surface area contributed by atoms with Gasteiger partial charge in [-0.25, -0.2) is 4.98 Å². The van der Waals surface area contributed by atoms with E-state index in [0.29, 0.717) is 5.39 Å². The molecule has 0 aliphatic heterocycles. The van der Waals surface area contributed by atoms with Crippen LogP contribution in [0.25, 0.3) is 44.3 Å². The maximum absolute atomic E-state index is 12.1. The van der Waals surface area contributed by atoms with Crippen molar-refractivity contribution in [3.05, 3.63) is 160 Å². The van der Waals surface area contributed by atoms with Gasteiger partial charge in [-0.2, -0.15) is 0 Å². The minimum Gasteiger partial charge on any atom is -0.497 e. The van der Waals surface area contributed by atoms with Gasteiger partial charge in [0.1, 0.15) is 11.5 Å². The predicted molar refractivity (Wildman–Crippen MR) is 198 cm³/mol. The zero-order valence-corrected chi connectivity index (χ0v) is 28.5. The fourth-order valence-electron chi connectivity index (χ4n) is 4.70. The van der Waals surface area contributed by atoms with E-state index in [-0.39, 0.29) is 6.86 Å². The Morgan fingerprint density at radius 1 is 0.653 bits per heavy atom. The molecule has 0 aliphatic carbocycles. The van der Waals surface area contributed by atoms with Crippen molar-refractivity contribution in [3.63, 3.8) is 0 Å². The number of fused-ring (bicyclic) bond motifs is 2. The first-order chi connectivity index (χ1) is 23.7. The van der Waals surface area contributed by atoms with Crippen LogP contribution in [0.3, 0.4) is 0 Å². The van der Waals surface area contributed by atoms with Gasteiger partial charge < -0.3 is 14.5 Å². The van der Waals surface area contributed by atoms with Crippen molar-refractivity contribution in [1.82, 2.24) is 9.97 Å². The van der Waals surface area contributed by atoms with Gasteiger partial charge in [0.25, 0.3) is 0 Å². The molecule has 0 fully saturated rings. The van der Waals surface area contributed by atoms with E-state index in [1.165, 1.54) is 5.56 Å². The van der Waals surface area contributed by atoms with Crippen LogP contribution < -0.4 is 14.9 Å². The smallest absolute Gasteiger partial charge is 0.425 e. The number of hydrogen-bond acceptors (Lipinski definition) is 7. The van der Waals surface area contributed by atoms with E-state index in [1.807, 2.05) is 121 Å². The molecular weight excluding hydrogens is 660 g/mol. The van der Waals surface area contributed by atoms with E-state index in [9.17, 15) is 4.79 Å². The summed E-state index contributed by atoms with van der Waals surface area (Å²) in [6.07, 6.45) is 0. The van der Waals surface area contributed by atoms with Gasteiger partial charge in [-0.3, -0.25) is 4.79 Å². The number of methoxy groups -OCH3 is 2. The molecule has 7 aromatic rings. The molecule has 7 rings (SSSR count). The van der Waals surface area contributed by atoms with Gasteiger partial charge in [-0.15, -0.1) is 12.6 Å². The summed E-state index contributed by atoms with van der Waals surface area (Å²) in [4.78, 5) is 20.0. The molecule has 0 radical (unpaired) electrons. The molecule has 5 aromatic carbocycles. The van der Waals surface area contributed by atoms with Crippen LogP contribution in [0.5, 0.6) is 11.5 Å². The number of pyridine rings is 2. The molecule has 10 heteroatoms. The summed E-state index contributed by atoms with van der Waals surface area (Å²) in [7, 11) is 0.174. The lowest BCUT2D eigenvalue weighted by molar-refractivity contribution is 0.415. The van der Waals surface area contributed by atoms with Crippen molar-refractivity contribution in [2.75, 3.05) is 14.2 Å². The number of benzene rings is 5. The summed E-state index contributed by atoms with van der Waals surface area (Å²) in [5.74, 6) is 1.63. The number of nitrogens with zero attached hydrogens (tertiary/aromatic N) is 1. The van der Waals surface area contributed by atoms with Gasteiger partial charge in [-0.1, -0.05) is 77.8 Å². The largest absolute Gasteiger partial charge is 0.497 e. The van der Waals surface area contributed by atoms with Crippen molar-refractivity contribution >= 4 is 44.0 Å². The number of ether oxygens (including phenoxy) is 2. The summed E-state index contributed by atoms with van der Waals surface area (Å²) in [5.41, 5.74) is 6.76. The molecule has 0 amide bonds. The first-order valence-corrected chi connectivity index (χ1v) is 16.3. The number of halogens is 1. The fourth-order valence-corrected chi connectivity index (χ4v) is 4.96. The Labute approximate surface area is 292 Å². The Bertz CT molecular complexity index is 2300. The molecule has 8 nitrogen and oxygen atoms in total. The third kappa shape index (κ3) is 10.6. The van der Waals surface area contributed by atoms with Crippen LogP contribution in [0.15, 0.2) is 144 Å². The molecule has 0 saturated heterocycles. The van der Waals surface area contributed by atoms with Crippen LogP contribution in [0.2, 0.25) is 5.02 Å². The molecular formula is C39H35ClN2O6S. The van der Waals surface area contributed by atoms with Crippen LogP contribution in [0.1, 0.15) is 6.99 Å². The summed E-state index contributed by atoms with van der Waals surface area (Å²) >= 11 is 6.31. The Balaban J connectivity index is 0.000000206. The number of para-hydroxylation sites is 2. The molecule has 0 bridgehead atoms. The zero-order chi connectivity index (χ0) is 35.2. The molecule has 0 aliphatic rings. The highest BCUT2D eigenvalue weighted by molar-refractivity contribution is 7.59. The molecule has 0 saturated carbocycles. The van der Waals surface area contributed by atoms with Gasteiger partial charge in [0.05, 0.1) is 30.5 Å². The first kappa shape index (κ1) is 36.1. The standard InChI is InChI=1S/C16H12ClNO.C16H13NO2.C7H8.O3S.H2/c1-19-12-8-6-11(7-9-12)16-10-14(17)13-4-2-3-5-15(13)18-16;1-19-12-8-6-11(7-9-12)15-10-16(18)13-4-2-3-5-14(13)17-15;1-7-5-3-2-4-6-7;1-4(2)3;/h2-10H,1H3;2-10H,1H3,(H,17,18);2-6H,1H3;;1H/i;;;;1+1. The topological polar surface area (TPSA) is 115 Å². The highest BCUT2D eigenvalue weighted by Crippen LogP contribution is 2.29. The maximum atomic E-state index is 12.1. The molecule has 2 aromatic heterocycles. The minimum atomic E-state index is -3.11. The van der Waals surface area contributed by atoms with E-state index < -0.39 is 10.6 Å². The monoisotopic (exact) mass is 695 g/mol. The molecule has 250 valence electrons. The number of nitrogens with one attached hydrogen (secondary N) is 1. The van der Waals surface area contributed by atoms with Crippen LogP contribution in [-0.2, 0) is 10.6 Å². The molecule has 0 spiro atoms. The van der Waals surface area contributed by atoms with E-state index in [4.69, 9.17) is 33.7 Å². The van der Waals surface area contributed by atoms with Crippen molar-refractivity contribution in [2.45, 2.75) is 6.92 Å². The lowest BCUT2D eigenvalue weighted by Crippen LogP contribution is -2.02. The summed E-state index contributed by atoms with van der Waals surface area (Å²) in [6.45, 7) is 2.08. The number of rotatable bonds is 4. The van der Waals surface area contributed by atoms with Gasteiger partial charge in [0.2, 0.25) is 0 Å². The second-order valence-corrected chi connectivity index (χ2v) is 11.2. The van der Waals surface area contributed by atoms with Crippen LogP contribution >= 0.6 is 11.6 Å². The molecule has 0 atom stereocenters. The van der Waals surface area contributed by atoms with Gasteiger partial charge >= 0.3 is 10.6 Å². The van der Waals surface area contributed by atoms with Crippen LogP contribution in [0, 0.1) is 6.92 Å². The van der Waals surface area contributed by atoms with Crippen molar-refractivity contribution in [3.8, 4) is 34.0 Å². The van der Waals surface area contributed by atoms with E-state index in [2.05, 4.69) is 29.0 Å². The van der Waals surface area contributed by atoms with Crippen molar-refractivity contribution < 1.29 is 23.5 Å². The number of hydrogen-bond donors (Lipinski definition) is 1. The lowest BCUT2D eigenvalue weighted by Gasteiger charge is -2.06. The third-order valence-electron chi connectivity index (χ3n) is 7.13. The Morgan fingerprint density at radius 2 is 1.16 bits per heavy atom. The maximum Gasteiger partial charge on any atom is 0.425 e. The molecule has 2 heterocycles. The minimum absolute atomic E-state index is 0. The Hall–Kier alpha value is -5.77. The molecule has 49 heavy (non-hydrogen) atoms. The van der Waals surface area contributed by atoms with E-state index in [1.54, 1.807) is 20.3 Å². The second kappa shape index (κ2) is 18.0. The van der Waals surface area contributed by atoms with E-state index >= 15 is 0 Å². The Kier molecular flexibility index (Phi) is 13.2. The lowest BCUT2D eigenvalue weighted by atomic mass is 10.1. The summed E-state index contributed by atoms with van der Waals surface area (Å²) < 4.78 is 35.6. The number of aromatic nitrogens is 2. The quantitative estimate of drug-likeness (QED) is 0.195. The highest BCUT2D eigenvalue weighted by Gasteiger charge is 2.06. The highest BCUT2D eigenvalue weighted by atomic mass is 35.5.